The molecule has 5 nitrogen and oxygen atoms in total. The summed E-state index contributed by atoms with van der Waals surface area (Å²) >= 11 is 0. The highest BCUT2D eigenvalue weighted by atomic mass is 16.5. The third-order valence-corrected chi connectivity index (χ3v) is 4.16. The Morgan fingerprint density at radius 2 is 1.52 bits per heavy atom. The smallest absolute Gasteiger partial charge is 0.323 e. The molecule has 2 N–H and O–H groups in total. The zero-order chi connectivity index (χ0) is 19.1. The van der Waals surface area contributed by atoms with Gasteiger partial charge in [-0.15, -0.1) is 0 Å². The predicted octanol–water partition coefficient (Wildman–Crippen LogP) is 4.94. The molecule has 0 aromatic heterocycles. The topological polar surface area (TPSA) is 59.6 Å². The number of carbonyl (C=O) groups excluding carboxylic acids is 1. The number of nitrogens with one attached hydrogen (secondary N) is 2. The monoisotopic (exact) mass is 362 g/mol. The first-order valence-electron chi connectivity index (χ1n) is 8.61. The molecule has 3 aromatic rings. The predicted molar refractivity (Wildman–Crippen MR) is 108 cm³/mol. The molecule has 2 amide bonds. The first-order valence-corrected chi connectivity index (χ1v) is 8.61. The van der Waals surface area contributed by atoms with Gasteiger partial charge < -0.3 is 20.1 Å². The number of methoxy groups -OCH3 is 2. The Hall–Kier alpha value is -3.47. The van der Waals surface area contributed by atoms with E-state index in [1.54, 1.807) is 32.4 Å². The maximum atomic E-state index is 12.5. The van der Waals surface area contributed by atoms with Gasteiger partial charge in [-0.05, 0) is 35.7 Å². The van der Waals surface area contributed by atoms with Crippen molar-refractivity contribution in [2.45, 2.75) is 6.42 Å². The number of hydrogen-bond acceptors (Lipinski definition) is 3. The van der Waals surface area contributed by atoms with Crippen LogP contribution in [0.4, 0.5) is 16.2 Å². The molecule has 0 radical (unpaired) electrons. The van der Waals surface area contributed by atoms with Crippen LogP contribution in [0.25, 0.3) is 0 Å². The highest BCUT2D eigenvalue weighted by Gasteiger charge is 2.11. The lowest BCUT2D eigenvalue weighted by Crippen LogP contribution is -2.20. The van der Waals surface area contributed by atoms with Gasteiger partial charge in [0.1, 0.15) is 11.5 Å². The van der Waals surface area contributed by atoms with E-state index in [0.717, 1.165) is 17.7 Å². The van der Waals surface area contributed by atoms with Crippen LogP contribution in [0.5, 0.6) is 11.5 Å². The van der Waals surface area contributed by atoms with Crippen LogP contribution in [-0.4, -0.2) is 20.3 Å². The number of carbonyl (C=O) groups is 1. The van der Waals surface area contributed by atoms with E-state index in [1.165, 1.54) is 5.56 Å². The van der Waals surface area contributed by atoms with E-state index >= 15 is 0 Å². The van der Waals surface area contributed by atoms with E-state index in [0.29, 0.717) is 17.2 Å². The summed E-state index contributed by atoms with van der Waals surface area (Å²) in [6, 6.07) is 22.8. The van der Waals surface area contributed by atoms with E-state index < -0.39 is 0 Å². The fourth-order valence-corrected chi connectivity index (χ4v) is 2.80. The fraction of sp³-hybridized carbons (Fsp3) is 0.136. The number of urea groups is 1. The molecule has 0 atom stereocenters. The number of hydrogen-bond donors (Lipinski definition) is 2. The standard InChI is InChI=1S/C22H22N2O3/c1-26-18-12-13-21(27-2)20(15-18)24-22(25)23-19-11-7-6-10-17(19)14-16-8-4-3-5-9-16/h3-13,15H,14H2,1-2H3,(H2,23,24,25). The lowest BCUT2D eigenvalue weighted by molar-refractivity contribution is 0.262. The van der Waals surface area contributed by atoms with Crippen molar-refractivity contribution in [1.82, 2.24) is 0 Å². The average molecular weight is 362 g/mol. The zero-order valence-corrected chi connectivity index (χ0v) is 15.4. The van der Waals surface area contributed by atoms with Crippen LogP contribution in [0.3, 0.4) is 0 Å². The number of amides is 2. The number of anilines is 2. The van der Waals surface area contributed by atoms with Crippen molar-refractivity contribution in [3.05, 3.63) is 83.9 Å². The zero-order valence-electron chi connectivity index (χ0n) is 15.4. The maximum Gasteiger partial charge on any atom is 0.323 e. The van der Waals surface area contributed by atoms with Gasteiger partial charge in [-0.3, -0.25) is 0 Å². The number of rotatable bonds is 6. The molecule has 0 saturated heterocycles. The second-order valence-corrected chi connectivity index (χ2v) is 5.96. The average Bonchev–Trinajstić information content (AvgIpc) is 2.70. The Morgan fingerprint density at radius 3 is 2.26 bits per heavy atom. The molecule has 0 fully saturated rings. The first kappa shape index (κ1) is 18.3. The summed E-state index contributed by atoms with van der Waals surface area (Å²) in [4.78, 5) is 12.5. The van der Waals surface area contributed by atoms with Crippen molar-refractivity contribution in [3.8, 4) is 11.5 Å². The lowest BCUT2D eigenvalue weighted by atomic mass is 10.0. The van der Waals surface area contributed by atoms with Crippen molar-refractivity contribution in [2.24, 2.45) is 0 Å². The van der Waals surface area contributed by atoms with Crippen molar-refractivity contribution in [1.29, 1.82) is 0 Å². The quantitative estimate of drug-likeness (QED) is 0.653. The second kappa shape index (κ2) is 8.76. The summed E-state index contributed by atoms with van der Waals surface area (Å²) in [5.41, 5.74) is 3.52. The van der Waals surface area contributed by atoms with Gasteiger partial charge in [-0.25, -0.2) is 4.79 Å². The summed E-state index contributed by atoms with van der Waals surface area (Å²) in [6.45, 7) is 0. The molecule has 0 spiro atoms. The van der Waals surface area contributed by atoms with Gasteiger partial charge in [0.2, 0.25) is 0 Å². The van der Waals surface area contributed by atoms with E-state index in [-0.39, 0.29) is 6.03 Å². The summed E-state index contributed by atoms with van der Waals surface area (Å²) in [7, 11) is 3.13. The van der Waals surface area contributed by atoms with E-state index in [9.17, 15) is 4.79 Å². The Morgan fingerprint density at radius 1 is 0.815 bits per heavy atom. The van der Waals surface area contributed by atoms with Gasteiger partial charge in [0, 0.05) is 11.8 Å². The molecule has 0 aliphatic carbocycles. The van der Waals surface area contributed by atoms with E-state index in [1.807, 2.05) is 42.5 Å². The third kappa shape index (κ3) is 4.79. The minimum atomic E-state index is -0.345. The van der Waals surface area contributed by atoms with Crippen molar-refractivity contribution in [2.75, 3.05) is 24.9 Å². The van der Waals surface area contributed by atoms with Crippen LogP contribution in [-0.2, 0) is 6.42 Å². The molecule has 0 aliphatic rings. The van der Waals surface area contributed by atoms with Gasteiger partial charge in [-0.1, -0.05) is 48.5 Å². The van der Waals surface area contributed by atoms with Gasteiger partial charge in [0.25, 0.3) is 0 Å². The molecule has 0 unspecified atom stereocenters. The Kier molecular flexibility index (Phi) is 5.94. The maximum absolute atomic E-state index is 12.5. The normalized spacial score (nSPS) is 10.1. The molecule has 3 rings (SSSR count). The minimum Gasteiger partial charge on any atom is -0.497 e. The lowest BCUT2D eigenvalue weighted by Gasteiger charge is -2.14. The van der Waals surface area contributed by atoms with Crippen LogP contribution < -0.4 is 20.1 Å². The molecule has 3 aromatic carbocycles. The molecule has 0 saturated carbocycles. The first-order chi connectivity index (χ1) is 13.2. The summed E-state index contributed by atoms with van der Waals surface area (Å²) in [5.74, 6) is 1.19. The highest BCUT2D eigenvalue weighted by Crippen LogP contribution is 2.29. The van der Waals surface area contributed by atoms with Gasteiger partial charge in [-0.2, -0.15) is 0 Å². The van der Waals surface area contributed by atoms with E-state index in [4.69, 9.17) is 9.47 Å². The molecular weight excluding hydrogens is 340 g/mol. The Labute approximate surface area is 158 Å². The molecule has 138 valence electrons. The third-order valence-electron chi connectivity index (χ3n) is 4.16. The van der Waals surface area contributed by atoms with Crippen molar-refractivity contribution >= 4 is 17.4 Å². The van der Waals surface area contributed by atoms with Gasteiger partial charge >= 0.3 is 6.03 Å². The van der Waals surface area contributed by atoms with Crippen LogP contribution in [0.1, 0.15) is 11.1 Å². The summed E-state index contributed by atoms with van der Waals surface area (Å²) in [5, 5.41) is 5.74. The van der Waals surface area contributed by atoms with Crippen LogP contribution in [0, 0.1) is 0 Å². The number of para-hydroxylation sites is 1. The van der Waals surface area contributed by atoms with Crippen LogP contribution in [0.15, 0.2) is 72.8 Å². The number of ether oxygens (including phenoxy) is 2. The fourth-order valence-electron chi connectivity index (χ4n) is 2.80. The van der Waals surface area contributed by atoms with E-state index in [2.05, 4.69) is 22.8 Å². The van der Waals surface area contributed by atoms with Crippen molar-refractivity contribution < 1.29 is 14.3 Å². The van der Waals surface area contributed by atoms with Gasteiger partial charge in [0.05, 0.1) is 19.9 Å². The Balaban J connectivity index is 1.75. The minimum absolute atomic E-state index is 0.345. The largest absolute Gasteiger partial charge is 0.497 e. The SMILES string of the molecule is COc1ccc(OC)c(NC(=O)Nc2ccccc2Cc2ccccc2)c1. The van der Waals surface area contributed by atoms with Crippen LogP contribution >= 0.6 is 0 Å². The molecule has 0 aliphatic heterocycles. The number of benzene rings is 3. The molecule has 27 heavy (non-hydrogen) atoms. The molecular formula is C22H22N2O3. The Bertz CT molecular complexity index is 910. The van der Waals surface area contributed by atoms with Crippen LogP contribution in [0.2, 0.25) is 0 Å². The molecule has 0 heterocycles. The second-order valence-electron chi connectivity index (χ2n) is 5.96. The summed E-state index contributed by atoms with van der Waals surface area (Å²) in [6.07, 6.45) is 0.736. The van der Waals surface area contributed by atoms with Crippen molar-refractivity contribution in [3.63, 3.8) is 0 Å². The highest BCUT2D eigenvalue weighted by molar-refractivity contribution is 6.01. The molecule has 5 heteroatoms. The molecule has 0 bridgehead atoms. The van der Waals surface area contributed by atoms with Gasteiger partial charge in [0.15, 0.2) is 0 Å². The summed E-state index contributed by atoms with van der Waals surface area (Å²) < 4.78 is 10.5.